The van der Waals surface area contributed by atoms with Gasteiger partial charge in [-0.3, -0.25) is 50.2 Å². The summed E-state index contributed by atoms with van der Waals surface area (Å²) in [7, 11) is -16.6. The van der Waals surface area contributed by atoms with Crippen molar-refractivity contribution in [1.29, 1.82) is 0 Å². The van der Waals surface area contributed by atoms with Gasteiger partial charge < -0.3 is 86.5 Å². The van der Waals surface area contributed by atoms with Gasteiger partial charge in [0.05, 0.1) is 58.1 Å². The molecule has 85 heavy (non-hydrogen) atoms. The Morgan fingerprint density at radius 3 is 1.19 bits per heavy atom. The molecule has 4 saturated heterocycles. The number of imidazole rings is 4. The first-order valence-corrected chi connectivity index (χ1v) is 29.3. The van der Waals surface area contributed by atoms with E-state index in [-0.39, 0.29) is 62.1 Å². The first kappa shape index (κ1) is 58.7. The standard InChI is InChI=1S/C40H48N19O23P3/c41-29-17-32(47-5-44-29)56(9-52-17)37-22(62)21(61)14(77-37)2-73-83(67,68)81-27-16(79-39(24(27)64)57-10-53-18-30(42)45-6-48-33(18)57)4-75-85(71,72)82-28-15(78-40(25(28)65)58-11-54-19-31(43)46-7-49-34(19)58)3-74-84(69,70)80-26-13(1-60)76-38(23(26)63)59-12-55-20-35(59)50-8-51-36(20)66/h5-16,21-28,37-40,60-65H,1-4H2,(H,67,68)(H,69,70)(H,71,72)(H2,41,44,47)(H2,42,45,48)(H2,43,46,49)(H,50,51,66)/t13-,14-,15-,16-,21-,22-,23-,24-,25-,26-,27-,28-,37-,38-,39-,40-/m1/s1. The van der Waals surface area contributed by atoms with E-state index < -0.39 is 154 Å². The van der Waals surface area contributed by atoms with Crippen LogP contribution in [0, 0.1) is 0 Å². The molecule has 3 unspecified atom stereocenters. The highest BCUT2D eigenvalue weighted by molar-refractivity contribution is 7.48. The van der Waals surface area contributed by atoms with Crippen LogP contribution in [-0.2, 0) is 59.8 Å². The van der Waals surface area contributed by atoms with Crippen LogP contribution >= 0.6 is 23.5 Å². The molecule has 19 atom stereocenters. The summed E-state index contributed by atoms with van der Waals surface area (Å²) in [6, 6.07) is 0. The number of phosphoric acid groups is 3. The van der Waals surface area contributed by atoms with Crippen molar-refractivity contribution in [3.63, 3.8) is 0 Å². The lowest BCUT2D eigenvalue weighted by Crippen LogP contribution is -2.38. The average molecular weight is 1260 g/mol. The van der Waals surface area contributed by atoms with Crippen molar-refractivity contribution in [2.45, 2.75) is 98.2 Å². The Morgan fingerprint density at radius 1 is 0.459 bits per heavy atom. The molecule has 8 aromatic rings. The second-order valence-corrected chi connectivity index (χ2v) is 23.4. The summed E-state index contributed by atoms with van der Waals surface area (Å²) in [6.07, 6.45) is -19.5. The van der Waals surface area contributed by atoms with E-state index in [0.29, 0.717) is 0 Å². The smallest absolute Gasteiger partial charge is 0.394 e. The van der Waals surface area contributed by atoms with Crippen LogP contribution in [0.25, 0.3) is 44.7 Å². The number of aromatic amines is 1. The number of anilines is 3. The molecule has 45 heteroatoms. The van der Waals surface area contributed by atoms with Crippen molar-refractivity contribution >= 4 is 85.6 Å². The van der Waals surface area contributed by atoms with Crippen molar-refractivity contribution < 1.29 is 105 Å². The molecule has 0 bridgehead atoms. The first-order chi connectivity index (χ1) is 40.5. The van der Waals surface area contributed by atoms with Gasteiger partial charge >= 0.3 is 23.5 Å². The van der Waals surface area contributed by atoms with Crippen molar-refractivity contribution in [2.24, 2.45) is 0 Å². The molecule has 8 aromatic heterocycles. The van der Waals surface area contributed by atoms with Crippen LogP contribution in [-0.4, -0.2) is 223 Å². The van der Waals surface area contributed by atoms with E-state index in [1.54, 1.807) is 0 Å². The molecular formula is C40H48N19O23P3. The molecule has 456 valence electrons. The molecule has 16 N–H and O–H groups in total. The Morgan fingerprint density at radius 2 is 0.788 bits per heavy atom. The summed E-state index contributed by atoms with van der Waals surface area (Å²) in [5.41, 5.74) is 17.2. The normalized spacial score (nSPS) is 32.0. The maximum Gasteiger partial charge on any atom is 0.472 e. The van der Waals surface area contributed by atoms with Gasteiger partial charge in [0.15, 0.2) is 70.5 Å². The Balaban J connectivity index is 0.765. The van der Waals surface area contributed by atoms with Gasteiger partial charge in [0.25, 0.3) is 5.56 Å². The molecule has 4 aliphatic heterocycles. The van der Waals surface area contributed by atoms with Crippen LogP contribution in [0.4, 0.5) is 17.5 Å². The van der Waals surface area contributed by atoms with E-state index in [9.17, 15) is 63.8 Å². The molecule has 42 nitrogen and oxygen atoms in total. The van der Waals surface area contributed by atoms with Gasteiger partial charge in [-0.25, -0.2) is 68.5 Å². The number of nitrogens with two attached hydrogens (primary N) is 3. The number of aromatic nitrogens is 16. The lowest BCUT2D eigenvalue weighted by molar-refractivity contribution is -0.0633. The summed E-state index contributed by atoms with van der Waals surface area (Å²) in [6.45, 7) is -4.14. The number of nitrogen functional groups attached to an aromatic ring is 3. The van der Waals surface area contributed by atoms with E-state index in [2.05, 4.69) is 59.8 Å². The molecule has 0 amide bonds. The summed E-state index contributed by atoms with van der Waals surface area (Å²) >= 11 is 0. The zero-order chi connectivity index (χ0) is 60.0. The van der Waals surface area contributed by atoms with E-state index in [0.717, 1.165) is 58.0 Å². The molecule has 0 aromatic carbocycles. The van der Waals surface area contributed by atoms with E-state index >= 15 is 0 Å². The van der Waals surface area contributed by atoms with Gasteiger partial charge in [-0.15, -0.1) is 0 Å². The van der Waals surface area contributed by atoms with Crippen LogP contribution < -0.4 is 22.8 Å². The number of rotatable bonds is 20. The van der Waals surface area contributed by atoms with Gasteiger partial charge in [0.1, 0.15) is 109 Å². The van der Waals surface area contributed by atoms with Crippen LogP contribution in [0.1, 0.15) is 24.9 Å². The third-order valence-electron chi connectivity index (χ3n) is 14.0. The van der Waals surface area contributed by atoms with Gasteiger partial charge in [0, 0.05) is 0 Å². The molecule has 0 aliphatic carbocycles. The Kier molecular flexibility index (Phi) is 15.6. The maximum atomic E-state index is 14.1. The first-order valence-electron chi connectivity index (χ1n) is 24.8. The average Bonchev–Trinajstić information content (AvgIpc) is 3.04. The third kappa shape index (κ3) is 10.9. The largest absolute Gasteiger partial charge is 0.472 e. The van der Waals surface area contributed by atoms with E-state index in [1.807, 2.05) is 0 Å². The quantitative estimate of drug-likeness (QED) is 0.0319. The highest BCUT2D eigenvalue weighted by Gasteiger charge is 2.55. The minimum Gasteiger partial charge on any atom is -0.394 e. The zero-order valence-electron chi connectivity index (χ0n) is 42.7. The molecule has 12 heterocycles. The molecular weight excluding hydrogens is 1210 g/mol. The second kappa shape index (κ2) is 22.6. The van der Waals surface area contributed by atoms with E-state index in [1.165, 1.54) is 10.9 Å². The molecule has 4 aliphatic rings. The number of ether oxygens (including phenoxy) is 4. The number of nitrogens with zero attached hydrogens (tertiary/aromatic N) is 15. The lowest BCUT2D eigenvalue weighted by Gasteiger charge is -2.26. The minimum absolute atomic E-state index is 0.000197. The topological polar surface area (TPSA) is 598 Å². The van der Waals surface area contributed by atoms with Gasteiger partial charge in [-0.2, -0.15) is 0 Å². The summed E-state index contributed by atoms with van der Waals surface area (Å²) in [5.74, 6) is -0.201. The fourth-order valence-electron chi connectivity index (χ4n) is 10.0. The van der Waals surface area contributed by atoms with Crippen LogP contribution in [0.15, 0.2) is 55.4 Å². The van der Waals surface area contributed by atoms with Gasteiger partial charge in [-0.1, -0.05) is 0 Å². The highest BCUT2D eigenvalue weighted by Crippen LogP contribution is 2.54. The minimum atomic E-state index is -5.66. The number of fused-ring (bicyclic) bond motifs is 4. The number of phosphoric ester groups is 3. The molecule has 0 saturated carbocycles. The zero-order valence-corrected chi connectivity index (χ0v) is 45.4. The Hall–Kier alpha value is -6.67. The van der Waals surface area contributed by atoms with Crippen molar-refractivity contribution in [3.8, 4) is 0 Å². The number of nitrogens with one attached hydrogen (secondary N) is 1. The fourth-order valence-corrected chi connectivity index (χ4v) is 12.9. The van der Waals surface area contributed by atoms with Crippen molar-refractivity contribution in [1.82, 2.24) is 78.1 Å². The van der Waals surface area contributed by atoms with E-state index in [4.69, 9.17) is 63.3 Å². The summed E-state index contributed by atoms with van der Waals surface area (Å²) in [4.78, 5) is 92.6. The van der Waals surface area contributed by atoms with Crippen molar-refractivity contribution in [3.05, 3.63) is 61.0 Å². The molecule has 0 spiro atoms. The van der Waals surface area contributed by atoms with Crippen LogP contribution in [0.5, 0.6) is 0 Å². The number of H-pyrrole nitrogens is 1. The van der Waals surface area contributed by atoms with Crippen LogP contribution in [0.3, 0.4) is 0 Å². The predicted molar refractivity (Wildman–Crippen MR) is 272 cm³/mol. The lowest BCUT2D eigenvalue weighted by atomic mass is 10.1. The summed E-state index contributed by atoms with van der Waals surface area (Å²) in [5, 5.41) is 67.0. The monoisotopic (exact) mass is 1260 g/mol. The number of hydrogen-bond acceptors (Lipinski definition) is 34. The Labute approximate surface area is 470 Å². The Bertz CT molecular complexity index is 4010. The fraction of sp³-hybridized carbons (Fsp3) is 0.500. The maximum absolute atomic E-state index is 14.1. The SMILES string of the molecule is Nc1ncnc2c1ncn2[C@@H]1O[C@H](COP(=O)(O)O[C@H]2[C@@H](O)[C@H](n3cnc4c(N)ncnc43)O[C@@H]2COP(=O)(O)O[C@H]2[C@@H](O)[C@H](n3cnc4c(N)ncnc43)O[C@@H]2COP(=O)(O)O[C@H]2[C@@H](O)[C@H](n3cnc4c(=O)[nH]cnc43)O[C@@H]2CO)[C@@H](O)[C@H]1O. The number of aliphatic hydroxyl groups is 6. The van der Waals surface area contributed by atoms with Crippen LogP contribution in [0.2, 0.25) is 0 Å². The number of hydrogen-bond donors (Lipinski definition) is 13. The number of aliphatic hydroxyl groups excluding tert-OH is 6. The summed E-state index contributed by atoms with van der Waals surface area (Å²) < 4.78 is 102. The molecule has 0 radical (unpaired) electrons. The predicted octanol–water partition coefficient (Wildman–Crippen LogP) is -4.72. The highest BCUT2D eigenvalue weighted by atomic mass is 31.2. The molecule has 12 rings (SSSR count). The second-order valence-electron chi connectivity index (χ2n) is 19.2. The van der Waals surface area contributed by atoms with Crippen molar-refractivity contribution in [2.75, 3.05) is 43.6 Å². The molecule has 4 fully saturated rings. The third-order valence-corrected chi connectivity index (χ3v) is 17.0. The van der Waals surface area contributed by atoms with Gasteiger partial charge in [0.2, 0.25) is 0 Å². The van der Waals surface area contributed by atoms with Gasteiger partial charge in [-0.05, 0) is 0 Å².